The first-order valence-electron chi connectivity index (χ1n) is 8.78. The average Bonchev–Trinajstić information content (AvgIpc) is 2.61. The Balaban J connectivity index is 1.81. The first kappa shape index (κ1) is 17.9. The Hall–Kier alpha value is -2.89. The molecule has 0 saturated heterocycles. The monoisotopic (exact) mass is 341 g/mol. The standard InChI is InChI=1S/C24H23NO/c1-17-6-4-9-20(12-17)13-21-14-22(16-25-15-21)24(26)11-10-23-18(2)7-5-8-19(23)3/h4-9,12,14-16,24,26H,13H2,1-3H3. The predicted molar refractivity (Wildman–Crippen MR) is 106 cm³/mol. The molecule has 2 nitrogen and oxygen atoms in total. The van der Waals surface area contributed by atoms with Crippen LogP contribution in [0.2, 0.25) is 0 Å². The molecule has 0 spiro atoms. The molecular formula is C24H23NO. The van der Waals surface area contributed by atoms with Crippen molar-refractivity contribution in [1.29, 1.82) is 0 Å². The maximum Gasteiger partial charge on any atom is 0.142 e. The number of aliphatic hydroxyl groups excluding tert-OH is 1. The van der Waals surface area contributed by atoms with Crippen molar-refractivity contribution < 1.29 is 5.11 Å². The summed E-state index contributed by atoms with van der Waals surface area (Å²) in [5.41, 5.74) is 7.50. The van der Waals surface area contributed by atoms with Gasteiger partial charge in [-0.05, 0) is 55.5 Å². The van der Waals surface area contributed by atoms with E-state index in [1.807, 2.05) is 44.3 Å². The lowest BCUT2D eigenvalue weighted by molar-refractivity contribution is 0.238. The van der Waals surface area contributed by atoms with Gasteiger partial charge in [-0.15, -0.1) is 0 Å². The molecular weight excluding hydrogens is 318 g/mol. The molecule has 0 fully saturated rings. The van der Waals surface area contributed by atoms with Crippen molar-refractivity contribution in [3.8, 4) is 11.8 Å². The molecule has 0 aliphatic carbocycles. The minimum absolute atomic E-state index is 0.730. The molecule has 0 amide bonds. The van der Waals surface area contributed by atoms with Crippen molar-refractivity contribution in [3.05, 3.63) is 99.9 Å². The number of pyridine rings is 1. The van der Waals surface area contributed by atoms with Gasteiger partial charge in [0.05, 0.1) is 0 Å². The summed E-state index contributed by atoms with van der Waals surface area (Å²) >= 11 is 0. The molecule has 1 aromatic heterocycles. The van der Waals surface area contributed by atoms with Crippen molar-refractivity contribution >= 4 is 0 Å². The number of hydrogen-bond acceptors (Lipinski definition) is 2. The zero-order valence-electron chi connectivity index (χ0n) is 15.5. The number of aromatic nitrogens is 1. The Morgan fingerprint density at radius 1 is 0.923 bits per heavy atom. The lowest BCUT2D eigenvalue weighted by Gasteiger charge is -2.08. The third-order valence-corrected chi connectivity index (χ3v) is 4.44. The second kappa shape index (κ2) is 7.99. The fourth-order valence-corrected chi connectivity index (χ4v) is 3.05. The van der Waals surface area contributed by atoms with Crippen LogP contribution in [-0.2, 0) is 6.42 Å². The summed E-state index contributed by atoms with van der Waals surface area (Å²) in [5.74, 6) is 6.09. The first-order valence-corrected chi connectivity index (χ1v) is 8.78. The fourth-order valence-electron chi connectivity index (χ4n) is 3.05. The van der Waals surface area contributed by atoms with E-state index in [0.717, 1.165) is 34.2 Å². The quantitative estimate of drug-likeness (QED) is 0.702. The second-order valence-corrected chi connectivity index (χ2v) is 6.73. The van der Waals surface area contributed by atoms with Crippen LogP contribution in [0, 0.1) is 32.6 Å². The maximum absolute atomic E-state index is 10.5. The highest BCUT2D eigenvalue weighted by Crippen LogP contribution is 2.17. The van der Waals surface area contributed by atoms with E-state index in [0.29, 0.717) is 0 Å². The third-order valence-electron chi connectivity index (χ3n) is 4.44. The number of benzene rings is 2. The summed E-state index contributed by atoms with van der Waals surface area (Å²) in [5, 5.41) is 10.5. The van der Waals surface area contributed by atoms with Crippen LogP contribution in [0.4, 0.5) is 0 Å². The van der Waals surface area contributed by atoms with Gasteiger partial charge in [0.25, 0.3) is 0 Å². The topological polar surface area (TPSA) is 33.1 Å². The first-order chi connectivity index (χ1) is 12.5. The van der Waals surface area contributed by atoms with Crippen LogP contribution in [0.1, 0.15) is 45.0 Å². The van der Waals surface area contributed by atoms with Gasteiger partial charge in [-0.1, -0.05) is 59.9 Å². The van der Waals surface area contributed by atoms with Crippen LogP contribution >= 0.6 is 0 Å². The summed E-state index contributed by atoms with van der Waals surface area (Å²) in [6.45, 7) is 6.16. The smallest absolute Gasteiger partial charge is 0.142 e. The number of hydrogen-bond donors (Lipinski definition) is 1. The lowest BCUT2D eigenvalue weighted by atomic mass is 10.0. The highest BCUT2D eigenvalue weighted by Gasteiger charge is 2.07. The van der Waals surface area contributed by atoms with Gasteiger partial charge in [0.1, 0.15) is 6.10 Å². The second-order valence-electron chi connectivity index (χ2n) is 6.73. The van der Waals surface area contributed by atoms with Gasteiger partial charge >= 0.3 is 0 Å². The SMILES string of the molecule is Cc1cccc(Cc2cncc(C(O)C#Cc3c(C)cccc3C)c2)c1. The van der Waals surface area contributed by atoms with Crippen LogP contribution in [0.25, 0.3) is 0 Å². The van der Waals surface area contributed by atoms with Gasteiger partial charge in [-0.2, -0.15) is 0 Å². The van der Waals surface area contributed by atoms with E-state index in [9.17, 15) is 5.11 Å². The molecule has 2 heteroatoms. The van der Waals surface area contributed by atoms with Crippen LogP contribution in [0.3, 0.4) is 0 Å². The summed E-state index contributed by atoms with van der Waals surface area (Å²) in [6, 6.07) is 16.5. The zero-order valence-corrected chi connectivity index (χ0v) is 15.5. The molecule has 1 atom stereocenters. The van der Waals surface area contributed by atoms with Crippen LogP contribution in [0.15, 0.2) is 60.9 Å². The largest absolute Gasteiger partial charge is 0.376 e. The minimum Gasteiger partial charge on any atom is -0.376 e. The van der Waals surface area contributed by atoms with Crippen molar-refractivity contribution in [2.75, 3.05) is 0 Å². The highest BCUT2D eigenvalue weighted by atomic mass is 16.3. The fraction of sp³-hybridized carbons (Fsp3) is 0.208. The normalized spacial score (nSPS) is 11.5. The van der Waals surface area contributed by atoms with Gasteiger partial charge in [-0.3, -0.25) is 4.98 Å². The number of nitrogens with zero attached hydrogens (tertiary/aromatic N) is 1. The summed E-state index contributed by atoms with van der Waals surface area (Å²) in [6.07, 6.45) is 3.47. The average molecular weight is 341 g/mol. The lowest BCUT2D eigenvalue weighted by Crippen LogP contribution is -1.98. The minimum atomic E-state index is -0.848. The number of rotatable bonds is 3. The Morgan fingerprint density at radius 3 is 2.38 bits per heavy atom. The van der Waals surface area contributed by atoms with Crippen LogP contribution in [-0.4, -0.2) is 10.1 Å². The van der Waals surface area contributed by atoms with Crippen LogP contribution in [0.5, 0.6) is 0 Å². The van der Waals surface area contributed by atoms with Crippen molar-refractivity contribution in [2.24, 2.45) is 0 Å². The summed E-state index contributed by atoms with van der Waals surface area (Å²) in [7, 11) is 0. The van der Waals surface area contributed by atoms with Gasteiger partial charge in [-0.25, -0.2) is 0 Å². The molecule has 3 rings (SSSR count). The third kappa shape index (κ3) is 4.39. The Bertz CT molecular complexity index is 958. The van der Waals surface area contributed by atoms with E-state index in [4.69, 9.17) is 0 Å². The van der Waals surface area contributed by atoms with Gasteiger partial charge in [0, 0.05) is 23.5 Å². The molecule has 130 valence electrons. The predicted octanol–water partition coefficient (Wildman–Crippen LogP) is 4.68. The Labute approximate surface area is 155 Å². The van der Waals surface area contributed by atoms with E-state index in [-0.39, 0.29) is 0 Å². The summed E-state index contributed by atoms with van der Waals surface area (Å²) in [4.78, 5) is 4.29. The molecule has 0 aliphatic heterocycles. The maximum atomic E-state index is 10.5. The van der Waals surface area contributed by atoms with E-state index in [2.05, 4.69) is 48.0 Å². The van der Waals surface area contributed by atoms with Crippen molar-refractivity contribution in [3.63, 3.8) is 0 Å². The highest BCUT2D eigenvalue weighted by molar-refractivity contribution is 5.47. The molecule has 1 heterocycles. The number of aliphatic hydroxyl groups is 1. The molecule has 26 heavy (non-hydrogen) atoms. The van der Waals surface area contributed by atoms with E-state index >= 15 is 0 Å². The molecule has 0 bridgehead atoms. The molecule has 2 aromatic carbocycles. The molecule has 3 aromatic rings. The van der Waals surface area contributed by atoms with Crippen molar-refractivity contribution in [1.82, 2.24) is 4.98 Å². The Morgan fingerprint density at radius 2 is 1.65 bits per heavy atom. The van der Waals surface area contributed by atoms with Crippen LogP contribution < -0.4 is 0 Å². The van der Waals surface area contributed by atoms with Gasteiger partial charge < -0.3 is 5.11 Å². The molecule has 1 N–H and O–H groups in total. The molecule has 0 radical (unpaired) electrons. The number of aryl methyl sites for hydroxylation is 3. The van der Waals surface area contributed by atoms with E-state index in [1.54, 1.807) is 6.20 Å². The van der Waals surface area contributed by atoms with Gasteiger partial charge in [0.2, 0.25) is 0 Å². The van der Waals surface area contributed by atoms with E-state index in [1.165, 1.54) is 11.1 Å². The molecule has 0 aliphatic rings. The summed E-state index contributed by atoms with van der Waals surface area (Å²) < 4.78 is 0. The molecule has 1 unspecified atom stereocenters. The van der Waals surface area contributed by atoms with Crippen molar-refractivity contribution in [2.45, 2.75) is 33.3 Å². The zero-order chi connectivity index (χ0) is 18.5. The Kier molecular flexibility index (Phi) is 5.51. The van der Waals surface area contributed by atoms with Gasteiger partial charge in [0.15, 0.2) is 0 Å². The van der Waals surface area contributed by atoms with E-state index < -0.39 is 6.10 Å². The molecule has 0 saturated carbocycles.